The summed E-state index contributed by atoms with van der Waals surface area (Å²) in [6.45, 7) is 3.42. The first-order valence-corrected chi connectivity index (χ1v) is 10.6. The van der Waals surface area contributed by atoms with Gasteiger partial charge in [0, 0.05) is 24.8 Å². The Morgan fingerprint density at radius 3 is 2.52 bits per heavy atom. The summed E-state index contributed by atoms with van der Waals surface area (Å²) in [5.74, 6) is -0.426. The number of piperidine rings is 1. The molecule has 0 atom stereocenters. The number of para-hydroxylation sites is 1. The van der Waals surface area contributed by atoms with Crippen molar-refractivity contribution in [2.75, 3.05) is 25.0 Å². The SMILES string of the molecule is Cc1ccccc1NC1CCN(C(=O)CNC(=O)c2cc(-c3ccccc3)[nH]n2)CC1. The molecule has 0 saturated carbocycles. The fraction of sp³-hybridized carbons (Fsp3) is 0.292. The number of nitrogens with zero attached hydrogens (tertiary/aromatic N) is 2. The highest BCUT2D eigenvalue weighted by Gasteiger charge is 2.23. The molecule has 1 fully saturated rings. The summed E-state index contributed by atoms with van der Waals surface area (Å²) in [6, 6.07) is 19.9. The predicted octanol–water partition coefficient (Wildman–Crippen LogP) is 3.22. The lowest BCUT2D eigenvalue weighted by Crippen LogP contribution is -2.46. The number of rotatable bonds is 6. The third kappa shape index (κ3) is 5.12. The van der Waals surface area contributed by atoms with E-state index in [-0.39, 0.29) is 24.1 Å². The van der Waals surface area contributed by atoms with Gasteiger partial charge in [0.05, 0.1) is 12.2 Å². The van der Waals surface area contributed by atoms with Crippen LogP contribution in [0.1, 0.15) is 28.9 Å². The van der Waals surface area contributed by atoms with Crippen LogP contribution in [-0.4, -0.2) is 52.6 Å². The molecule has 2 aromatic carbocycles. The van der Waals surface area contributed by atoms with E-state index in [4.69, 9.17) is 0 Å². The van der Waals surface area contributed by atoms with Crippen LogP contribution in [0.4, 0.5) is 5.69 Å². The van der Waals surface area contributed by atoms with Crippen LogP contribution in [0, 0.1) is 6.92 Å². The summed E-state index contributed by atoms with van der Waals surface area (Å²) in [6.07, 6.45) is 1.77. The van der Waals surface area contributed by atoms with Crippen LogP contribution >= 0.6 is 0 Å². The molecule has 1 aliphatic heterocycles. The molecule has 31 heavy (non-hydrogen) atoms. The average molecular weight is 418 g/mol. The Labute approximate surface area is 181 Å². The van der Waals surface area contributed by atoms with Crippen LogP contribution in [0.15, 0.2) is 60.7 Å². The molecule has 3 N–H and O–H groups in total. The number of amides is 2. The van der Waals surface area contributed by atoms with E-state index in [1.54, 1.807) is 6.07 Å². The summed E-state index contributed by atoms with van der Waals surface area (Å²) in [7, 11) is 0. The minimum atomic E-state index is -0.358. The Morgan fingerprint density at radius 2 is 1.77 bits per heavy atom. The summed E-state index contributed by atoms with van der Waals surface area (Å²) >= 11 is 0. The molecule has 0 spiro atoms. The smallest absolute Gasteiger partial charge is 0.272 e. The average Bonchev–Trinajstić information content (AvgIpc) is 3.30. The van der Waals surface area contributed by atoms with Gasteiger partial charge in [0.25, 0.3) is 5.91 Å². The molecule has 3 aromatic rings. The van der Waals surface area contributed by atoms with Crippen LogP contribution in [0.3, 0.4) is 0 Å². The van der Waals surface area contributed by atoms with Crippen LogP contribution in [-0.2, 0) is 4.79 Å². The second-order valence-electron chi connectivity index (χ2n) is 7.83. The molecular weight excluding hydrogens is 390 g/mol. The van der Waals surface area contributed by atoms with Crippen LogP contribution < -0.4 is 10.6 Å². The Morgan fingerprint density at radius 1 is 1.06 bits per heavy atom. The van der Waals surface area contributed by atoms with E-state index < -0.39 is 0 Å². The highest BCUT2D eigenvalue weighted by atomic mass is 16.2. The van der Waals surface area contributed by atoms with E-state index in [0.29, 0.717) is 19.1 Å². The number of carbonyl (C=O) groups excluding carboxylic acids is 2. The predicted molar refractivity (Wildman–Crippen MR) is 121 cm³/mol. The molecule has 7 nitrogen and oxygen atoms in total. The zero-order valence-corrected chi connectivity index (χ0v) is 17.6. The first-order valence-electron chi connectivity index (χ1n) is 10.6. The molecule has 1 aliphatic rings. The van der Waals surface area contributed by atoms with Crippen molar-refractivity contribution >= 4 is 17.5 Å². The lowest BCUT2D eigenvalue weighted by atomic mass is 10.0. The zero-order chi connectivity index (χ0) is 21.6. The summed E-state index contributed by atoms with van der Waals surface area (Å²) in [5, 5.41) is 13.2. The standard InChI is InChI=1S/C24H27N5O2/c1-17-7-5-6-10-20(17)26-19-11-13-29(14-12-19)23(30)16-25-24(31)22-15-21(27-28-22)18-8-3-2-4-9-18/h2-10,15,19,26H,11-14,16H2,1H3,(H,25,31)(H,27,28). The largest absolute Gasteiger partial charge is 0.382 e. The van der Waals surface area contributed by atoms with Gasteiger partial charge >= 0.3 is 0 Å². The van der Waals surface area contributed by atoms with E-state index in [2.05, 4.69) is 39.9 Å². The number of aromatic nitrogens is 2. The van der Waals surface area contributed by atoms with Crippen LogP contribution in [0.2, 0.25) is 0 Å². The normalized spacial score (nSPS) is 14.3. The monoisotopic (exact) mass is 417 g/mol. The molecule has 7 heteroatoms. The number of hydrogen-bond acceptors (Lipinski definition) is 4. The molecule has 2 heterocycles. The van der Waals surface area contributed by atoms with Gasteiger partial charge in [0.15, 0.2) is 5.69 Å². The summed E-state index contributed by atoms with van der Waals surface area (Å²) in [4.78, 5) is 26.7. The van der Waals surface area contributed by atoms with E-state index in [1.807, 2.05) is 47.4 Å². The molecule has 0 bridgehead atoms. The molecule has 1 saturated heterocycles. The number of aromatic amines is 1. The Kier molecular flexibility index (Phi) is 6.31. The first kappa shape index (κ1) is 20.7. The van der Waals surface area contributed by atoms with Crippen molar-refractivity contribution in [3.63, 3.8) is 0 Å². The Balaban J connectivity index is 1.24. The highest BCUT2D eigenvalue weighted by molar-refractivity contribution is 5.95. The van der Waals surface area contributed by atoms with Gasteiger partial charge in [0.2, 0.25) is 5.91 Å². The van der Waals surface area contributed by atoms with Gasteiger partial charge < -0.3 is 15.5 Å². The van der Waals surface area contributed by atoms with Crippen LogP contribution in [0.5, 0.6) is 0 Å². The fourth-order valence-corrected chi connectivity index (χ4v) is 3.79. The number of likely N-dealkylation sites (tertiary alicyclic amines) is 1. The number of benzene rings is 2. The quantitative estimate of drug-likeness (QED) is 0.574. The van der Waals surface area contributed by atoms with Gasteiger partial charge in [-0.3, -0.25) is 14.7 Å². The van der Waals surface area contributed by atoms with Crippen molar-refractivity contribution in [2.45, 2.75) is 25.8 Å². The van der Waals surface area contributed by atoms with E-state index in [1.165, 1.54) is 5.56 Å². The summed E-state index contributed by atoms with van der Waals surface area (Å²) in [5.41, 5.74) is 4.35. The van der Waals surface area contributed by atoms with Crippen molar-refractivity contribution in [3.8, 4) is 11.3 Å². The Hall–Kier alpha value is -3.61. The number of anilines is 1. The number of H-pyrrole nitrogens is 1. The van der Waals surface area contributed by atoms with Crippen LogP contribution in [0.25, 0.3) is 11.3 Å². The lowest BCUT2D eigenvalue weighted by Gasteiger charge is -2.33. The van der Waals surface area contributed by atoms with Gasteiger partial charge in [-0.15, -0.1) is 0 Å². The van der Waals surface area contributed by atoms with Crippen molar-refractivity contribution in [1.29, 1.82) is 0 Å². The number of carbonyl (C=O) groups is 2. The molecule has 0 radical (unpaired) electrons. The third-order valence-electron chi connectivity index (χ3n) is 5.65. The van der Waals surface area contributed by atoms with Crippen molar-refractivity contribution in [3.05, 3.63) is 71.9 Å². The maximum Gasteiger partial charge on any atom is 0.272 e. The molecule has 4 rings (SSSR count). The maximum absolute atomic E-state index is 12.5. The zero-order valence-electron chi connectivity index (χ0n) is 17.6. The van der Waals surface area contributed by atoms with Crippen molar-refractivity contribution < 1.29 is 9.59 Å². The van der Waals surface area contributed by atoms with Gasteiger partial charge in [-0.25, -0.2) is 0 Å². The van der Waals surface area contributed by atoms with Gasteiger partial charge in [-0.2, -0.15) is 5.10 Å². The molecule has 0 aliphatic carbocycles. The molecule has 0 unspecified atom stereocenters. The number of nitrogens with one attached hydrogen (secondary N) is 3. The molecular formula is C24H27N5O2. The van der Waals surface area contributed by atoms with Crippen molar-refractivity contribution in [2.24, 2.45) is 0 Å². The Bertz CT molecular complexity index is 1040. The van der Waals surface area contributed by atoms with Gasteiger partial charge in [0.1, 0.15) is 0 Å². The number of aryl methyl sites for hydroxylation is 1. The maximum atomic E-state index is 12.5. The van der Waals surface area contributed by atoms with E-state index in [0.717, 1.165) is 29.8 Å². The lowest BCUT2D eigenvalue weighted by molar-refractivity contribution is -0.131. The summed E-state index contributed by atoms with van der Waals surface area (Å²) < 4.78 is 0. The minimum absolute atomic E-state index is 0.0255. The molecule has 160 valence electrons. The topological polar surface area (TPSA) is 90.1 Å². The highest BCUT2D eigenvalue weighted by Crippen LogP contribution is 2.20. The first-order chi connectivity index (χ1) is 15.1. The second kappa shape index (κ2) is 9.47. The third-order valence-corrected chi connectivity index (χ3v) is 5.65. The van der Waals surface area contributed by atoms with Gasteiger partial charge in [-0.05, 0) is 43.0 Å². The molecule has 1 aromatic heterocycles. The minimum Gasteiger partial charge on any atom is -0.382 e. The van der Waals surface area contributed by atoms with Crippen molar-refractivity contribution in [1.82, 2.24) is 20.4 Å². The van der Waals surface area contributed by atoms with E-state index in [9.17, 15) is 9.59 Å². The molecule has 2 amide bonds. The fourth-order valence-electron chi connectivity index (χ4n) is 3.79. The second-order valence-corrected chi connectivity index (χ2v) is 7.83. The van der Waals surface area contributed by atoms with Gasteiger partial charge in [-0.1, -0.05) is 48.5 Å². The number of hydrogen-bond donors (Lipinski definition) is 3. The van der Waals surface area contributed by atoms with E-state index >= 15 is 0 Å².